The first-order chi connectivity index (χ1) is 6.35. The highest BCUT2D eigenvalue weighted by Gasteiger charge is 2.12. The largest absolute Gasteiger partial charge is 0.484 e. The summed E-state index contributed by atoms with van der Waals surface area (Å²) >= 11 is 0. The smallest absolute Gasteiger partial charge is 0.376 e. The molecule has 0 saturated carbocycles. The van der Waals surface area contributed by atoms with E-state index in [2.05, 4.69) is 13.8 Å². The predicted octanol–water partition coefficient (Wildman–Crippen LogP) is 1.98. The number of unbranched alkanes of at least 4 members (excludes halogenated alkanes) is 1. The van der Waals surface area contributed by atoms with Crippen molar-refractivity contribution in [1.82, 2.24) is 0 Å². The summed E-state index contributed by atoms with van der Waals surface area (Å²) in [6.07, 6.45) is 3.26. The maximum absolute atomic E-state index is 5.52. The van der Waals surface area contributed by atoms with Crippen LogP contribution in [0.15, 0.2) is 0 Å². The van der Waals surface area contributed by atoms with Gasteiger partial charge in [-0.25, -0.2) is 0 Å². The normalized spacial score (nSPS) is 13.2. The molecule has 0 aliphatic carbocycles. The Balaban J connectivity index is 3.41. The van der Waals surface area contributed by atoms with E-state index in [0.29, 0.717) is 6.61 Å². The third kappa shape index (κ3) is 8.43. The molecule has 0 heterocycles. The molecule has 0 amide bonds. The van der Waals surface area contributed by atoms with Gasteiger partial charge >= 0.3 is 9.53 Å². The van der Waals surface area contributed by atoms with Crippen LogP contribution in [0.4, 0.5) is 0 Å². The van der Waals surface area contributed by atoms with Crippen molar-refractivity contribution in [2.45, 2.75) is 40.0 Å². The van der Waals surface area contributed by atoms with E-state index in [-0.39, 0.29) is 0 Å². The highest BCUT2D eigenvalue weighted by Crippen LogP contribution is 1.96. The van der Waals surface area contributed by atoms with Crippen LogP contribution in [0.2, 0.25) is 0 Å². The molecule has 13 heavy (non-hydrogen) atoms. The second-order valence-electron chi connectivity index (χ2n) is 2.84. The average molecular weight is 206 g/mol. The fraction of sp³-hybridized carbons (Fsp3) is 1.00. The first kappa shape index (κ1) is 13.1. The molecular weight excluding hydrogens is 184 g/mol. The summed E-state index contributed by atoms with van der Waals surface area (Å²) in [5.41, 5.74) is 0. The van der Waals surface area contributed by atoms with Crippen molar-refractivity contribution < 1.29 is 13.3 Å². The monoisotopic (exact) mass is 206 g/mol. The van der Waals surface area contributed by atoms with Crippen LogP contribution in [-0.2, 0) is 13.3 Å². The van der Waals surface area contributed by atoms with Gasteiger partial charge in [-0.15, -0.1) is 0 Å². The van der Waals surface area contributed by atoms with E-state index >= 15 is 0 Å². The van der Waals surface area contributed by atoms with Gasteiger partial charge in [0.25, 0.3) is 0 Å². The minimum absolute atomic E-state index is 0.687. The molecule has 1 unspecified atom stereocenters. The molecule has 0 aliphatic rings. The Morgan fingerprint density at radius 2 is 1.54 bits per heavy atom. The zero-order valence-electron chi connectivity index (χ0n) is 9.04. The van der Waals surface area contributed by atoms with Gasteiger partial charge in [0.2, 0.25) is 0 Å². The minimum Gasteiger partial charge on any atom is -0.376 e. The molecule has 0 fully saturated rings. The van der Waals surface area contributed by atoms with Crippen molar-refractivity contribution in [2.24, 2.45) is 0 Å². The van der Waals surface area contributed by atoms with Crippen LogP contribution >= 0.6 is 0 Å². The molecule has 3 nitrogen and oxygen atoms in total. The fourth-order valence-corrected chi connectivity index (χ4v) is 2.17. The van der Waals surface area contributed by atoms with Crippen LogP contribution < -0.4 is 0 Å². The molecule has 0 aliphatic heterocycles. The molecular formula is C9H22O3Si. The van der Waals surface area contributed by atoms with Crippen molar-refractivity contribution in [3.05, 3.63) is 0 Å². The molecule has 0 aromatic heterocycles. The molecule has 0 rings (SSSR count). The zero-order chi connectivity index (χ0) is 9.94. The summed E-state index contributed by atoms with van der Waals surface area (Å²) < 4.78 is 16.4. The summed E-state index contributed by atoms with van der Waals surface area (Å²) in [6.45, 7) is 8.42. The van der Waals surface area contributed by atoms with Crippen LogP contribution in [-0.4, -0.2) is 29.3 Å². The lowest BCUT2D eigenvalue weighted by atomic mass is 10.4. The lowest BCUT2D eigenvalue weighted by molar-refractivity contribution is 0.0964. The van der Waals surface area contributed by atoms with Gasteiger partial charge in [-0.3, -0.25) is 0 Å². The number of hydrogen-bond acceptors (Lipinski definition) is 3. The van der Waals surface area contributed by atoms with Crippen LogP contribution in [0.1, 0.15) is 40.0 Å². The van der Waals surface area contributed by atoms with Crippen molar-refractivity contribution >= 4 is 9.53 Å². The van der Waals surface area contributed by atoms with E-state index < -0.39 is 9.53 Å². The van der Waals surface area contributed by atoms with E-state index in [1.807, 2.05) is 6.92 Å². The van der Waals surface area contributed by atoms with E-state index in [9.17, 15) is 0 Å². The van der Waals surface area contributed by atoms with Crippen molar-refractivity contribution in [2.75, 3.05) is 19.8 Å². The lowest BCUT2D eigenvalue weighted by Crippen LogP contribution is -2.28. The summed E-state index contributed by atoms with van der Waals surface area (Å²) in [6, 6.07) is 0. The van der Waals surface area contributed by atoms with Gasteiger partial charge < -0.3 is 13.3 Å². The molecule has 80 valence electrons. The number of hydrogen-bond donors (Lipinski definition) is 0. The first-order valence-electron chi connectivity index (χ1n) is 5.19. The molecule has 0 saturated heterocycles. The third-order valence-electron chi connectivity index (χ3n) is 1.51. The average Bonchev–Trinajstić information content (AvgIpc) is 2.14. The van der Waals surface area contributed by atoms with Crippen LogP contribution in [0, 0.1) is 0 Å². The molecule has 0 radical (unpaired) electrons. The van der Waals surface area contributed by atoms with E-state index in [4.69, 9.17) is 13.3 Å². The Labute approximate surface area is 83.3 Å². The Morgan fingerprint density at radius 1 is 0.846 bits per heavy atom. The van der Waals surface area contributed by atoms with Crippen LogP contribution in [0.5, 0.6) is 0 Å². The fourth-order valence-electron chi connectivity index (χ4n) is 0.818. The molecule has 0 bridgehead atoms. The summed E-state index contributed by atoms with van der Waals surface area (Å²) in [5, 5.41) is 0. The van der Waals surface area contributed by atoms with Crippen molar-refractivity contribution in [1.29, 1.82) is 0 Å². The summed E-state index contributed by atoms with van der Waals surface area (Å²) in [4.78, 5) is 0. The zero-order valence-corrected chi connectivity index (χ0v) is 10.2. The van der Waals surface area contributed by atoms with Gasteiger partial charge in [0.05, 0.1) is 0 Å². The molecule has 0 spiro atoms. The maximum atomic E-state index is 5.52. The van der Waals surface area contributed by atoms with Gasteiger partial charge in [0.1, 0.15) is 0 Å². The predicted molar refractivity (Wildman–Crippen MR) is 55.9 cm³/mol. The number of rotatable bonds is 9. The molecule has 0 N–H and O–H groups in total. The first-order valence-corrected chi connectivity index (χ1v) is 6.61. The van der Waals surface area contributed by atoms with Crippen LogP contribution in [0.25, 0.3) is 0 Å². The standard InChI is InChI=1S/C9H22O3Si/c1-4-7-9-12-13(10-6-3)11-8-5-2/h13H,4-9H2,1-3H3. The van der Waals surface area contributed by atoms with E-state index in [0.717, 1.165) is 32.5 Å². The Kier molecular flexibility index (Phi) is 10.3. The quantitative estimate of drug-likeness (QED) is 0.426. The Bertz CT molecular complexity index is 101. The third-order valence-corrected chi connectivity index (χ3v) is 3.13. The Hall–Kier alpha value is 0.0969. The second kappa shape index (κ2) is 10.2. The molecule has 1 atom stereocenters. The lowest BCUT2D eigenvalue weighted by Gasteiger charge is -2.14. The van der Waals surface area contributed by atoms with Gasteiger partial charge in [-0.05, 0) is 19.8 Å². The second-order valence-corrected chi connectivity index (χ2v) is 4.42. The molecule has 0 aromatic carbocycles. The van der Waals surface area contributed by atoms with E-state index in [1.54, 1.807) is 0 Å². The maximum Gasteiger partial charge on any atom is 0.484 e. The minimum atomic E-state index is -1.78. The van der Waals surface area contributed by atoms with Gasteiger partial charge in [0, 0.05) is 19.8 Å². The SMILES string of the molecule is CCCCO[SiH](OCC)OCCC. The van der Waals surface area contributed by atoms with Gasteiger partial charge in [0.15, 0.2) is 0 Å². The topological polar surface area (TPSA) is 27.7 Å². The van der Waals surface area contributed by atoms with Crippen molar-refractivity contribution in [3.8, 4) is 0 Å². The van der Waals surface area contributed by atoms with Crippen LogP contribution in [0.3, 0.4) is 0 Å². The van der Waals surface area contributed by atoms with Gasteiger partial charge in [-0.2, -0.15) is 0 Å². The highest BCUT2D eigenvalue weighted by atomic mass is 28.3. The summed E-state index contributed by atoms with van der Waals surface area (Å²) in [5.74, 6) is 0. The summed E-state index contributed by atoms with van der Waals surface area (Å²) in [7, 11) is -1.78. The van der Waals surface area contributed by atoms with Gasteiger partial charge in [-0.1, -0.05) is 20.3 Å². The molecule has 0 aromatic rings. The Morgan fingerprint density at radius 3 is 2.08 bits per heavy atom. The molecule has 4 heteroatoms. The van der Waals surface area contributed by atoms with Crippen molar-refractivity contribution in [3.63, 3.8) is 0 Å². The highest BCUT2D eigenvalue weighted by molar-refractivity contribution is 6.36. The van der Waals surface area contributed by atoms with E-state index in [1.165, 1.54) is 0 Å².